The predicted octanol–water partition coefficient (Wildman–Crippen LogP) is 7.27. The number of amides is 1. The van der Waals surface area contributed by atoms with Crippen molar-refractivity contribution >= 4 is 55.2 Å². The first-order chi connectivity index (χ1) is 28.8. The fraction of sp³-hybridized carbons (Fsp3) is 0.375. The SMILES string of the molecule is CC1Cc2c(C(F)F)nn(CC(=O)NC(Cc3cc(F)cc(F)c3)c3nc4cc(OCC5CCC5)ccc4c(=O)n3-c3ccc(Cl)c4c(NS(C)(=O)=O)nn(C)c34)c2C1(F)F. The van der Waals surface area contributed by atoms with Crippen LogP contribution in [0, 0.1) is 23.5 Å². The Morgan fingerprint density at radius 2 is 1.79 bits per heavy atom. The fourth-order valence-corrected chi connectivity index (χ4v) is 8.73. The summed E-state index contributed by atoms with van der Waals surface area (Å²) < 4.78 is 124. The monoisotopic (exact) mass is 890 g/mol. The highest BCUT2D eigenvalue weighted by atomic mass is 35.5. The van der Waals surface area contributed by atoms with E-state index in [1.54, 1.807) is 6.07 Å². The molecule has 0 aliphatic heterocycles. The second-order valence-electron chi connectivity index (χ2n) is 15.5. The van der Waals surface area contributed by atoms with Gasteiger partial charge in [0, 0.05) is 37.1 Å². The van der Waals surface area contributed by atoms with Gasteiger partial charge in [0.05, 0.1) is 51.4 Å². The molecule has 21 heteroatoms. The van der Waals surface area contributed by atoms with Crippen molar-refractivity contribution in [1.29, 1.82) is 0 Å². The molecule has 2 atom stereocenters. The zero-order valence-corrected chi connectivity index (χ0v) is 34.2. The number of hydrogen-bond donors (Lipinski definition) is 2. The van der Waals surface area contributed by atoms with Crippen molar-refractivity contribution in [3.05, 3.63) is 104 Å². The Labute approximate surface area is 348 Å². The molecule has 8 rings (SSSR count). The quantitative estimate of drug-likeness (QED) is 0.115. The number of fused-ring (bicyclic) bond motifs is 3. The molecule has 2 aliphatic rings. The van der Waals surface area contributed by atoms with E-state index in [0.717, 1.165) is 42.2 Å². The fourth-order valence-electron chi connectivity index (χ4n) is 8.00. The van der Waals surface area contributed by atoms with Gasteiger partial charge in [-0.3, -0.25) is 28.2 Å². The van der Waals surface area contributed by atoms with Crippen molar-refractivity contribution in [2.75, 3.05) is 17.6 Å². The van der Waals surface area contributed by atoms with Crippen molar-refractivity contribution < 1.29 is 44.3 Å². The van der Waals surface area contributed by atoms with Crippen LogP contribution in [0.4, 0.5) is 32.2 Å². The molecule has 0 radical (unpaired) electrons. The van der Waals surface area contributed by atoms with E-state index < -0.39 is 88.2 Å². The van der Waals surface area contributed by atoms with Gasteiger partial charge in [0.2, 0.25) is 15.9 Å². The number of sulfonamides is 1. The lowest BCUT2D eigenvalue weighted by Gasteiger charge is -2.25. The van der Waals surface area contributed by atoms with Crippen LogP contribution in [0.15, 0.2) is 53.3 Å². The number of ether oxygens (including phenoxy) is 1. The molecule has 0 bridgehead atoms. The minimum atomic E-state index is -3.90. The molecule has 2 aliphatic carbocycles. The molecule has 61 heavy (non-hydrogen) atoms. The van der Waals surface area contributed by atoms with Gasteiger partial charge in [-0.1, -0.05) is 24.9 Å². The summed E-state index contributed by atoms with van der Waals surface area (Å²) in [5.74, 6) is -7.67. The number of halogens is 7. The number of carbonyl (C=O) groups excluding carboxylic acids is 1. The highest BCUT2D eigenvalue weighted by molar-refractivity contribution is 7.92. The van der Waals surface area contributed by atoms with Gasteiger partial charge in [0.15, 0.2) is 5.82 Å². The number of alkyl halides is 4. The third kappa shape index (κ3) is 8.02. The number of anilines is 1. The highest BCUT2D eigenvalue weighted by Gasteiger charge is 2.51. The maximum Gasteiger partial charge on any atom is 0.292 e. The Morgan fingerprint density at radius 3 is 2.44 bits per heavy atom. The molecule has 3 aromatic carbocycles. The van der Waals surface area contributed by atoms with Gasteiger partial charge in [-0.05, 0) is 67.1 Å². The standard InChI is InChI=1S/C40H37ClF6N8O5S/c1-19-11-26-33(36(44)45)50-54(35(26)40(19,46)47)17-31(56)48-29(14-21-12-22(42)15-23(43)13-21)38-49-28-16-24(60-18-20-5-4-6-20)7-8-25(28)39(57)55(38)30-10-9-27(41)32-34(30)53(2)51-37(32)52-61(3,58)59/h7-10,12-13,15-16,19-20,29,36H,4-6,11,14,17-18H2,1-3H3,(H,48,56)(H,51,52). The first kappa shape index (κ1) is 42.1. The number of carbonyl (C=O) groups is 1. The Bertz CT molecular complexity index is 2900. The van der Waals surface area contributed by atoms with Crippen molar-refractivity contribution in [3.63, 3.8) is 0 Å². The molecule has 0 spiro atoms. The second-order valence-corrected chi connectivity index (χ2v) is 17.7. The third-order valence-corrected chi connectivity index (χ3v) is 11.9. The first-order valence-corrected chi connectivity index (χ1v) is 21.4. The second kappa shape index (κ2) is 15.7. The normalized spacial score (nSPS) is 16.9. The summed E-state index contributed by atoms with van der Waals surface area (Å²) in [5.41, 5.74) is -2.59. The summed E-state index contributed by atoms with van der Waals surface area (Å²) in [5, 5.41) is 10.8. The van der Waals surface area contributed by atoms with Crippen molar-refractivity contribution in [2.45, 2.75) is 64.0 Å². The summed E-state index contributed by atoms with van der Waals surface area (Å²) >= 11 is 6.62. The Balaban J connectivity index is 1.32. The maximum absolute atomic E-state index is 15.5. The van der Waals surface area contributed by atoms with E-state index in [1.807, 2.05) is 0 Å². The molecule has 13 nitrogen and oxygen atoms in total. The number of nitrogens with zero attached hydrogens (tertiary/aromatic N) is 6. The average molecular weight is 891 g/mol. The topological polar surface area (TPSA) is 155 Å². The molecule has 0 saturated heterocycles. The number of rotatable bonds is 13. The molecular formula is C40H37ClF6N8O5S. The largest absolute Gasteiger partial charge is 0.493 e. The maximum atomic E-state index is 15.5. The van der Waals surface area contributed by atoms with Crippen LogP contribution in [-0.4, -0.2) is 56.3 Å². The first-order valence-electron chi connectivity index (χ1n) is 19.1. The summed E-state index contributed by atoms with van der Waals surface area (Å²) in [7, 11) is -2.44. The van der Waals surface area contributed by atoms with Crippen molar-refractivity contribution in [1.82, 2.24) is 34.4 Å². The van der Waals surface area contributed by atoms with Gasteiger partial charge >= 0.3 is 0 Å². The van der Waals surface area contributed by atoms with Crippen LogP contribution < -0.4 is 20.3 Å². The minimum absolute atomic E-state index is 0.0250. The highest BCUT2D eigenvalue weighted by Crippen LogP contribution is 2.48. The molecule has 6 aromatic rings. The molecule has 322 valence electrons. The van der Waals surface area contributed by atoms with E-state index in [0.29, 0.717) is 29.0 Å². The zero-order chi connectivity index (χ0) is 43.7. The number of aromatic nitrogens is 6. The predicted molar refractivity (Wildman–Crippen MR) is 213 cm³/mol. The molecule has 2 unspecified atom stereocenters. The van der Waals surface area contributed by atoms with E-state index in [2.05, 4.69) is 20.2 Å². The lowest BCUT2D eigenvalue weighted by molar-refractivity contribution is -0.123. The van der Waals surface area contributed by atoms with E-state index in [1.165, 1.54) is 42.9 Å². The van der Waals surface area contributed by atoms with E-state index >= 15 is 8.78 Å². The van der Waals surface area contributed by atoms with Gasteiger partial charge in [0.1, 0.15) is 41.1 Å². The van der Waals surface area contributed by atoms with Gasteiger partial charge in [0.25, 0.3) is 17.9 Å². The number of hydrogen-bond acceptors (Lipinski definition) is 8. The van der Waals surface area contributed by atoms with Gasteiger partial charge in [-0.15, -0.1) is 0 Å². The number of nitrogens with one attached hydrogen (secondary N) is 2. The Morgan fingerprint density at radius 1 is 1.07 bits per heavy atom. The van der Waals surface area contributed by atoms with E-state index in [9.17, 15) is 35.6 Å². The minimum Gasteiger partial charge on any atom is -0.493 e. The molecule has 1 saturated carbocycles. The molecule has 1 fully saturated rings. The Kier molecular flexibility index (Phi) is 10.8. The third-order valence-electron chi connectivity index (χ3n) is 11.1. The summed E-state index contributed by atoms with van der Waals surface area (Å²) in [6, 6.07) is 8.49. The summed E-state index contributed by atoms with van der Waals surface area (Å²) in [6.07, 6.45) is -0.0961. The lowest BCUT2D eigenvalue weighted by Crippen LogP contribution is -2.38. The van der Waals surface area contributed by atoms with Crippen LogP contribution in [0.5, 0.6) is 5.75 Å². The van der Waals surface area contributed by atoms with Crippen LogP contribution in [0.3, 0.4) is 0 Å². The van der Waals surface area contributed by atoms with E-state index in [-0.39, 0.29) is 55.3 Å². The summed E-state index contributed by atoms with van der Waals surface area (Å²) in [6.45, 7) is 0.614. The van der Waals surface area contributed by atoms with Crippen molar-refractivity contribution in [2.24, 2.45) is 18.9 Å². The molecule has 1 amide bonds. The van der Waals surface area contributed by atoms with Gasteiger partial charge in [-0.2, -0.15) is 19.0 Å². The van der Waals surface area contributed by atoms with Gasteiger partial charge < -0.3 is 10.1 Å². The molecular weight excluding hydrogens is 854 g/mol. The van der Waals surface area contributed by atoms with Crippen molar-refractivity contribution in [3.8, 4) is 11.4 Å². The lowest BCUT2D eigenvalue weighted by atomic mass is 9.86. The summed E-state index contributed by atoms with van der Waals surface area (Å²) in [4.78, 5) is 33.8. The van der Waals surface area contributed by atoms with Crippen LogP contribution in [0.25, 0.3) is 27.5 Å². The molecule has 2 N–H and O–H groups in total. The van der Waals surface area contributed by atoms with E-state index in [4.69, 9.17) is 21.3 Å². The average Bonchev–Trinajstić information content (AvgIpc) is 3.74. The zero-order valence-electron chi connectivity index (χ0n) is 32.7. The number of aryl methyl sites for hydroxylation is 1. The molecule has 3 aromatic heterocycles. The number of benzene rings is 3. The van der Waals surface area contributed by atoms with Gasteiger partial charge in [-0.25, -0.2) is 31.0 Å². The Hall–Kier alpha value is -5.63. The molecule has 3 heterocycles. The van der Waals surface area contributed by atoms with Crippen LogP contribution >= 0.6 is 11.6 Å². The van der Waals surface area contributed by atoms with Crippen LogP contribution in [0.2, 0.25) is 5.02 Å². The van der Waals surface area contributed by atoms with Crippen LogP contribution in [0.1, 0.15) is 67.0 Å². The van der Waals surface area contributed by atoms with Crippen LogP contribution in [-0.2, 0) is 47.2 Å². The smallest absolute Gasteiger partial charge is 0.292 e.